The van der Waals surface area contributed by atoms with Gasteiger partial charge in [0.2, 0.25) is 0 Å². The maximum atomic E-state index is 12.8. The molecule has 0 unspecified atom stereocenters. The smallest absolute Gasteiger partial charge is 0.416 e. The SMILES string of the molecule is NC(=S)c1cc(OCCN2CCCC2)cc(C(F)(F)F)c1. The van der Waals surface area contributed by atoms with Crippen LogP contribution in [0.1, 0.15) is 24.0 Å². The summed E-state index contributed by atoms with van der Waals surface area (Å²) >= 11 is 4.75. The van der Waals surface area contributed by atoms with E-state index in [1.165, 1.54) is 6.07 Å². The fourth-order valence-electron chi connectivity index (χ4n) is 2.29. The number of benzene rings is 1. The summed E-state index contributed by atoms with van der Waals surface area (Å²) < 4.78 is 43.9. The summed E-state index contributed by atoms with van der Waals surface area (Å²) in [5, 5.41) is 0. The Bertz CT molecular complexity index is 513. The fourth-order valence-corrected chi connectivity index (χ4v) is 2.40. The van der Waals surface area contributed by atoms with Crippen LogP contribution < -0.4 is 10.5 Å². The van der Waals surface area contributed by atoms with E-state index < -0.39 is 11.7 Å². The van der Waals surface area contributed by atoms with Crippen LogP contribution in [0.15, 0.2) is 18.2 Å². The van der Waals surface area contributed by atoms with E-state index in [2.05, 4.69) is 4.90 Å². The van der Waals surface area contributed by atoms with Crippen LogP contribution in [0.2, 0.25) is 0 Å². The quantitative estimate of drug-likeness (QED) is 0.847. The Morgan fingerprint density at radius 3 is 2.48 bits per heavy atom. The lowest BCUT2D eigenvalue weighted by Crippen LogP contribution is -2.25. The van der Waals surface area contributed by atoms with Crippen molar-refractivity contribution in [3.8, 4) is 5.75 Å². The predicted molar refractivity (Wildman–Crippen MR) is 78.5 cm³/mol. The number of alkyl halides is 3. The molecule has 0 atom stereocenters. The third-order valence-electron chi connectivity index (χ3n) is 3.39. The van der Waals surface area contributed by atoms with Crippen LogP contribution in [-0.2, 0) is 6.18 Å². The zero-order valence-electron chi connectivity index (χ0n) is 11.4. The number of nitrogens with two attached hydrogens (primary N) is 1. The minimum atomic E-state index is -4.45. The monoisotopic (exact) mass is 318 g/mol. The van der Waals surface area contributed by atoms with Crippen LogP contribution in [0.25, 0.3) is 0 Å². The first-order valence-corrected chi connectivity index (χ1v) is 7.14. The number of rotatable bonds is 5. The van der Waals surface area contributed by atoms with Gasteiger partial charge in [0.1, 0.15) is 17.3 Å². The van der Waals surface area contributed by atoms with E-state index in [0.717, 1.165) is 38.1 Å². The summed E-state index contributed by atoms with van der Waals surface area (Å²) in [5.74, 6) is 0.145. The number of hydrogen-bond donors (Lipinski definition) is 1. The van der Waals surface area contributed by atoms with Gasteiger partial charge in [-0.2, -0.15) is 13.2 Å². The highest BCUT2D eigenvalue weighted by Crippen LogP contribution is 2.32. The Kier molecular flexibility index (Phi) is 5.05. The molecule has 0 aliphatic carbocycles. The van der Waals surface area contributed by atoms with Gasteiger partial charge in [-0.1, -0.05) is 12.2 Å². The third kappa shape index (κ3) is 4.57. The normalized spacial score (nSPS) is 16.1. The highest BCUT2D eigenvalue weighted by Gasteiger charge is 2.31. The largest absolute Gasteiger partial charge is 0.492 e. The Morgan fingerprint density at radius 1 is 1.24 bits per heavy atom. The number of hydrogen-bond acceptors (Lipinski definition) is 3. The molecule has 116 valence electrons. The Hall–Kier alpha value is -1.34. The predicted octanol–water partition coefficient (Wildman–Crippen LogP) is 2.81. The van der Waals surface area contributed by atoms with Gasteiger partial charge in [-0.15, -0.1) is 0 Å². The lowest BCUT2D eigenvalue weighted by molar-refractivity contribution is -0.137. The first-order valence-electron chi connectivity index (χ1n) is 6.73. The van der Waals surface area contributed by atoms with Crippen molar-refractivity contribution in [1.82, 2.24) is 4.90 Å². The molecule has 21 heavy (non-hydrogen) atoms. The van der Waals surface area contributed by atoms with Crippen LogP contribution >= 0.6 is 12.2 Å². The summed E-state index contributed by atoms with van der Waals surface area (Å²) in [6.45, 7) is 3.09. The zero-order valence-corrected chi connectivity index (χ0v) is 12.3. The summed E-state index contributed by atoms with van der Waals surface area (Å²) in [5.41, 5.74) is 4.78. The molecule has 0 aromatic heterocycles. The van der Waals surface area contributed by atoms with E-state index >= 15 is 0 Å². The first kappa shape index (κ1) is 16.0. The molecule has 1 aliphatic heterocycles. The highest BCUT2D eigenvalue weighted by atomic mass is 32.1. The van der Waals surface area contributed by atoms with Crippen LogP contribution in [-0.4, -0.2) is 36.1 Å². The summed E-state index contributed by atoms with van der Waals surface area (Å²) in [7, 11) is 0. The van der Waals surface area contributed by atoms with Crippen molar-refractivity contribution in [2.24, 2.45) is 5.73 Å². The van der Waals surface area contributed by atoms with Gasteiger partial charge in [0.05, 0.1) is 5.56 Å². The number of likely N-dealkylation sites (tertiary alicyclic amines) is 1. The average Bonchev–Trinajstić information content (AvgIpc) is 2.90. The van der Waals surface area contributed by atoms with Gasteiger partial charge in [0.25, 0.3) is 0 Å². The molecule has 7 heteroatoms. The molecule has 0 bridgehead atoms. The molecule has 1 aromatic carbocycles. The van der Waals surface area contributed by atoms with Crippen molar-refractivity contribution in [3.63, 3.8) is 0 Å². The zero-order chi connectivity index (χ0) is 15.5. The molecule has 1 heterocycles. The first-order chi connectivity index (χ1) is 9.86. The number of thiocarbonyl (C=S) groups is 1. The van der Waals surface area contributed by atoms with Crippen molar-refractivity contribution in [1.29, 1.82) is 0 Å². The molecular weight excluding hydrogens is 301 g/mol. The van der Waals surface area contributed by atoms with Crippen LogP contribution in [0.4, 0.5) is 13.2 Å². The molecule has 0 saturated carbocycles. The van der Waals surface area contributed by atoms with Gasteiger partial charge in [0, 0.05) is 12.1 Å². The fraction of sp³-hybridized carbons (Fsp3) is 0.500. The molecule has 1 fully saturated rings. The van der Waals surface area contributed by atoms with Crippen LogP contribution in [0.5, 0.6) is 5.75 Å². The minimum Gasteiger partial charge on any atom is -0.492 e. The Balaban J connectivity index is 2.06. The third-order valence-corrected chi connectivity index (χ3v) is 3.63. The van der Waals surface area contributed by atoms with E-state index in [1.807, 2.05) is 0 Å². The van der Waals surface area contributed by atoms with Crippen molar-refractivity contribution >= 4 is 17.2 Å². The second kappa shape index (κ2) is 6.62. The van der Waals surface area contributed by atoms with E-state index in [-0.39, 0.29) is 16.3 Å². The molecule has 2 N–H and O–H groups in total. The van der Waals surface area contributed by atoms with E-state index in [0.29, 0.717) is 13.2 Å². The van der Waals surface area contributed by atoms with Crippen LogP contribution in [0, 0.1) is 0 Å². The summed E-state index contributed by atoms with van der Waals surface area (Å²) in [6.07, 6.45) is -2.13. The van der Waals surface area contributed by atoms with Gasteiger partial charge in [-0.25, -0.2) is 0 Å². The summed E-state index contributed by atoms with van der Waals surface area (Å²) in [4.78, 5) is 2.15. The Morgan fingerprint density at radius 2 is 1.90 bits per heavy atom. The topological polar surface area (TPSA) is 38.5 Å². The standard InChI is InChI=1S/C14H17F3N2OS/c15-14(16,17)11-7-10(13(18)21)8-12(9-11)20-6-5-19-3-1-2-4-19/h7-9H,1-6H2,(H2,18,21). The van der Waals surface area contributed by atoms with E-state index in [1.54, 1.807) is 0 Å². The van der Waals surface area contributed by atoms with Crippen molar-refractivity contribution in [2.75, 3.05) is 26.2 Å². The van der Waals surface area contributed by atoms with E-state index in [9.17, 15) is 13.2 Å². The maximum absolute atomic E-state index is 12.8. The maximum Gasteiger partial charge on any atom is 0.416 e. The van der Waals surface area contributed by atoms with Crippen LogP contribution in [0.3, 0.4) is 0 Å². The molecule has 0 radical (unpaired) electrons. The minimum absolute atomic E-state index is 0.0782. The number of ether oxygens (including phenoxy) is 1. The Labute approximate surface area is 126 Å². The molecule has 0 spiro atoms. The van der Waals surface area contributed by atoms with E-state index in [4.69, 9.17) is 22.7 Å². The van der Waals surface area contributed by atoms with Crippen molar-refractivity contribution < 1.29 is 17.9 Å². The van der Waals surface area contributed by atoms with Crippen molar-refractivity contribution in [3.05, 3.63) is 29.3 Å². The molecule has 3 nitrogen and oxygen atoms in total. The lowest BCUT2D eigenvalue weighted by atomic mass is 10.1. The number of halogens is 3. The second-order valence-corrected chi connectivity index (χ2v) is 5.45. The van der Waals surface area contributed by atoms with Gasteiger partial charge in [-0.05, 0) is 44.1 Å². The molecule has 0 amide bonds. The lowest BCUT2D eigenvalue weighted by Gasteiger charge is -2.16. The van der Waals surface area contributed by atoms with Gasteiger partial charge in [-0.3, -0.25) is 4.90 Å². The van der Waals surface area contributed by atoms with Gasteiger partial charge < -0.3 is 10.5 Å². The van der Waals surface area contributed by atoms with Gasteiger partial charge >= 0.3 is 6.18 Å². The molecule has 2 rings (SSSR count). The molecular formula is C14H17F3N2OS. The molecule has 1 aromatic rings. The second-order valence-electron chi connectivity index (χ2n) is 5.01. The molecule has 1 saturated heterocycles. The average molecular weight is 318 g/mol. The van der Waals surface area contributed by atoms with Gasteiger partial charge in [0.15, 0.2) is 0 Å². The van der Waals surface area contributed by atoms with Crippen molar-refractivity contribution in [2.45, 2.75) is 19.0 Å². The number of nitrogens with zero attached hydrogens (tertiary/aromatic N) is 1. The molecule has 1 aliphatic rings. The highest BCUT2D eigenvalue weighted by molar-refractivity contribution is 7.80. The summed E-state index contributed by atoms with van der Waals surface area (Å²) in [6, 6.07) is 3.36.